The Bertz CT molecular complexity index is 1720. The van der Waals surface area contributed by atoms with Gasteiger partial charge in [-0.2, -0.15) is 0 Å². The summed E-state index contributed by atoms with van der Waals surface area (Å²) in [5.41, 5.74) is 2.71. The summed E-state index contributed by atoms with van der Waals surface area (Å²) in [5, 5.41) is 13.6. The summed E-state index contributed by atoms with van der Waals surface area (Å²) >= 11 is 0. The number of fused-ring (bicyclic) bond motifs is 3. The fraction of sp³-hybridized carbons (Fsp3) is 0.0625. The molecule has 0 N–H and O–H groups in total. The molecule has 7 aromatic carbocycles. The highest BCUT2D eigenvalue weighted by Gasteiger charge is 2.08. The van der Waals surface area contributed by atoms with Crippen molar-refractivity contribution in [2.24, 2.45) is 0 Å². The van der Waals surface area contributed by atoms with E-state index in [4.69, 9.17) is 0 Å². The van der Waals surface area contributed by atoms with E-state index in [1.54, 1.807) is 0 Å². The molecule has 0 heterocycles. The van der Waals surface area contributed by atoms with Crippen LogP contribution in [-0.4, -0.2) is 0 Å². The summed E-state index contributed by atoms with van der Waals surface area (Å²) in [7, 11) is 0. The van der Waals surface area contributed by atoms with Gasteiger partial charge in [-0.05, 0) is 78.8 Å². The van der Waals surface area contributed by atoms with E-state index in [1.807, 2.05) is 0 Å². The monoisotopic (exact) mass is 408 g/mol. The predicted octanol–water partition coefficient (Wildman–Crippen LogP) is 9.19. The van der Waals surface area contributed by atoms with Crippen LogP contribution in [0.15, 0.2) is 109 Å². The maximum atomic E-state index is 2.26. The third-order valence-electron chi connectivity index (χ3n) is 6.72. The van der Waals surface area contributed by atoms with Gasteiger partial charge < -0.3 is 0 Å². The van der Waals surface area contributed by atoms with Crippen molar-refractivity contribution in [1.82, 2.24) is 0 Å². The molecule has 0 nitrogen and oxygen atoms in total. The van der Waals surface area contributed by atoms with Crippen molar-refractivity contribution in [3.05, 3.63) is 120 Å². The van der Waals surface area contributed by atoms with Crippen molar-refractivity contribution in [2.75, 3.05) is 0 Å². The number of aryl methyl sites for hydroxylation is 2. The van der Waals surface area contributed by atoms with E-state index in [-0.39, 0.29) is 0 Å². The summed E-state index contributed by atoms with van der Waals surface area (Å²) in [4.78, 5) is 0. The Kier molecular flexibility index (Phi) is 4.33. The maximum Gasteiger partial charge on any atom is -0.00241 e. The van der Waals surface area contributed by atoms with Gasteiger partial charge in [0.2, 0.25) is 0 Å². The quantitative estimate of drug-likeness (QED) is 0.219. The van der Waals surface area contributed by atoms with Crippen LogP contribution in [0.2, 0.25) is 0 Å². The van der Waals surface area contributed by atoms with Gasteiger partial charge >= 0.3 is 0 Å². The Morgan fingerprint density at radius 2 is 0.906 bits per heavy atom. The predicted molar refractivity (Wildman–Crippen MR) is 141 cm³/mol. The molecule has 0 saturated heterocycles. The van der Waals surface area contributed by atoms with Crippen LogP contribution < -0.4 is 0 Å². The molecule has 0 spiro atoms. The average Bonchev–Trinajstić information content (AvgIpc) is 2.84. The van der Waals surface area contributed by atoms with E-state index in [0.717, 1.165) is 0 Å². The molecule has 0 aliphatic carbocycles. The first-order valence-electron chi connectivity index (χ1n) is 11.2. The van der Waals surface area contributed by atoms with E-state index in [0.29, 0.717) is 0 Å². The minimum Gasteiger partial charge on any atom is -0.0616 e. The molecule has 7 rings (SSSR count). The number of hydrogen-bond acceptors (Lipinski definition) is 0. The zero-order valence-corrected chi connectivity index (χ0v) is 18.4. The van der Waals surface area contributed by atoms with Crippen molar-refractivity contribution in [2.45, 2.75) is 13.8 Å². The lowest BCUT2D eigenvalue weighted by Crippen LogP contribution is -1.85. The highest BCUT2D eigenvalue weighted by molar-refractivity contribution is 6.23. The third-order valence-corrected chi connectivity index (χ3v) is 6.72. The molecule has 0 aliphatic heterocycles. The second-order valence-corrected chi connectivity index (χ2v) is 8.70. The lowest BCUT2D eigenvalue weighted by molar-refractivity contribution is 1.55. The number of rotatable bonds is 0. The van der Waals surface area contributed by atoms with Crippen molar-refractivity contribution in [3.8, 4) is 0 Å². The van der Waals surface area contributed by atoms with E-state index >= 15 is 0 Å². The zero-order valence-electron chi connectivity index (χ0n) is 18.4. The Morgan fingerprint density at radius 3 is 1.69 bits per heavy atom. The maximum absolute atomic E-state index is 2.26. The van der Waals surface area contributed by atoms with Crippen molar-refractivity contribution >= 4 is 53.9 Å². The van der Waals surface area contributed by atoms with Crippen molar-refractivity contribution in [3.63, 3.8) is 0 Å². The standard InChI is InChI=1S/C17H12.C15H12/c1-11-5-6-14-8-7-12-3-2-4-13-9-10-15(11)17(14)16(12)13;1-11-10-12-6-2-3-8-14(12)15-9-5-4-7-13(11)15/h2-10H,1H3;2-10H,1H3. The summed E-state index contributed by atoms with van der Waals surface area (Å²) < 4.78 is 0. The first-order chi connectivity index (χ1) is 15.7. The van der Waals surface area contributed by atoms with Gasteiger partial charge in [-0.1, -0.05) is 109 Å². The van der Waals surface area contributed by atoms with Crippen LogP contribution >= 0.6 is 0 Å². The van der Waals surface area contributed by atoms with Crippen molar-refractivity contribution in [1.29, 1.82) is 0 Å². The van der Waals surface area contributed by atoms with Gasteiger partial charge in [-0.25, -0.2) is 0 Å². The second-order valence-electron chi connectivity index (χ2n) is 8.70. The third kappa shape index (κ3) is 2.92. The molecule has 0 radical (unpaired) electrons. The van der Waals surface area contributed by atoms with Crippen LogP contribution in [0.25, 0.3) is 53.9 Å². The fourth-order valence-corrected chi connectivity index (χ4v) is 5.12. The molecule has 0 heteroatoms. The molecule has 0 saturated carbocycles. The minimum absolute atomic E-state index is 1.33. The first kappa shape index (κ1) is 18.8. The first-order valence-corrected chi connectivity index (χ1v) is 11.2. The molecule has 0 fully saturated rings. The number of hydrogen-bond donors (Lipinski definition) is 0. The van der Waals surface area contributed by atoms with Gasteiger partial charge in [-0.3, -0.25) is 0 Å². The molecule has 32 heavy (non-hydrogen) atoms. The van der Waals surface area contributed by atoms with Crippen LogP contribution in [0.1, 0.15) is 11.1 Å². The van der Waals surface area contributed by atoms with Gasteiger partial charge in [0.15, 0.2) is 0 Å². The Balaban J connectivity index is 0.000000123. The number of benzene rings is 7. The molecule has 0 amide bonds. The van der Waals surface area contributed by atoms with Crippen LogP contribution in [0, 0.1) is 13.8 Å². The van der Waals surface area contributed by atoms with Gasteiger partial charge in [0.25, 0.3) is 0 Å². The fourth-order valence-electron chi connectivity index (χ4n) is 5.12. The van der Waals surface area contributed by atoms with E-state index < -0.39 is 0 Å². The molecule has 0 aromatic heterocycles. The Hall–Kier alpha value is -3.90. The topological polar surface area (TPSA) is 0 Å². The van der Waals surface area contributed by atoms with E-state index in [1.165, 1.54) is 65.0 Å². The molecule has 0 atom stereocenters. The Morgan fingerprint density at radius 1 is 0.344 bits per heavy atom. The summed E-state index contributed by atoms with van der Waals surface area (Å²) in [5.74, 6) is 0. The largest absolute Gasteiger partial charge is 0.0616 e. The molecule has 0 bridgehead atoms. The lowest BCUT2D eigenvalue weighted by atomic mass is 9.92. The van der Waals surface area contributed by atoms with E-state index in [9.17, 15) is 0 Å². The average molecular weight is 409 g/mol. The normalized spacial score (nSPS) is 11.4. The molecule has 152 valence electrons. The summed E-state index contributed by atoms with van der Waals surface area (Å²) in [6.07, 6.45) is 0. The molecule has 7 aromatic rings. The lowest BCUT2D eigenvalue weighted by Gasteiger charge is -2.11. The minimum atomic E-state index is 1.33. The van der Waals surface area contributed by atoms with Gasteiger partial charge in [0, 0.05) is 0 Å². The second kappa shape index (κ2) is 7.35. The van der Waals surface area contributed by atoms with Crippen LogP contribution in [0.4, 0.5) is 0 Å². The highest BCUT2D eigenvalue weighted by atomic mass is 14.1. The molecule has 0 unspecified atom stereocenters. The highest BCUT2D eigenvalue weighted by Crippen LogP contribution is 2.35. The van der Waals surface area contributed by atoms with Gasteiger partial charge in [0.05, 0.1) is 0 Å². The van der Waals surface area contributed by atoms with Crippen LogP contribution in [0.5, 0.6) is 0 Å². The Labute approximate surface area is 188 Å². The van der Waals surface area contributed by atoms with E-state index in [2.05, 4.69) is 123 Å². The smallest absolute Gasteiger partial charge is 0.00241 e. The SMILES string of the molecule is Cc1cc2ccccc2c2ccccc12.Cc1ccc2ccc3cccc4ccc1c2c34. The van der Waals surface area contributed by atoms with Crippen molar-refractivity contribution < 1.29 is 0 Å². The summed E-state index contributed by atoms with van der Waals surface area (Å²) in [6.45, 7) is 4.36. The molecular weight excluding hydrogens is 384 g/mol. The van der Waals surface area contributed by atoms with Gasteiger partial charge in [-0.15, -0.1) is 0 Å². The van der Waals surface area contributed by atoms with Gasteiger partial charge in [0.1, 0.15) is 0 Å². The van der Waals surface area contributed by atoms with Crippen LogP contribution in [-0.2, 0) is 0 Å². The zero-order chi connectivity index (χ0) is 21.7. The van der Waals surface area contributed by atoms with Crippen LogP contribution in [0.3, 0.4) is 0 Å². The summed E-state index contributed by atoms with van der Waals surface area (Å²) in [6, 6.07) is 39.3. The molecular formula is C32H24. The molecule has 0 aliphatic rings.